The van der Waals surface area contributed by atoms with Gasteiger partial charge in [0.25, 0.3) is 5.91 Å². The Morgan fingerprint density at radius 1 is 1.32 bits per heavy atom. The standard InChI is InChI=1S/C15H17N3O4/c1-10-7-13(18(2)17-10)15(21)16-8-11-3-5-12(6-4-11)22-9-14(19)20/h3-7H,8-9H2,1-2H3,(H,16,21)(H,19,20). The average molecular weight is 303 g/mol. The fourth-order valence-electron chi connectivity index (χ4n) is 1.94. The number of aromatic nitrogens is 2. The third-order valence-corrected chi connectivity index (χ3v) is 2.97. The number of carboxylic acids is 1. The van der Waals surface area contributed by atoms with Gasteiger partial charge in [0, 0.05) is 13.6 Å². The number of ether oxygens (including phenoxy) is 1. The number of nitrogens with one attached hydrogen (secondary N) is 1. The molecular weight excluding hydrogens is 286 g/mol. The fourth-order valence-corrected chi connectivity index (χ4v) is 1.94. The highest BCUT2D eigenvalue weighted by Crippen LogP contribution is 2.12. The molecule has 0 saturated carbocycles. The second-order valence-electron chi connectivity index (χ2n) is 4.80. The van der Waals surface area contributed by atoms with Crippen molar-refractivity contribution < 1.29 is 19.4 Å². The monoisotopic (exact) mass is 303 g/mol. The predicted octanol–water partition coefficient (Wildman–Crippen LogP) is 1.12. The Morgan fingerprint density at radius 2 is 2.00 bits per heavy atom. The van der Waals surface area contributed by atoms with Gasteiger partial charge in [-0.3, -0.25) is 9.48 Å². The van der Waals surface area contributed by atoms with E-state index < -0.39 is 5.97 Å². The molecule has 116 valence electrons. The van der Waals surface area contributed by atoms with Crippen molar-refractivity contribution in [2.24, 2.45) is 7.05 Å². The average Bonchev–Trinajstić information content (AvgIpc) is 2.82. The lowest BCUT2D eigenvalue weighted by Gasteiger charge is -2.07. The summed E-state index contributed by atoms with van der Waals surface area (Å²) in [6, 6.07) is 8.59. The Hall–Kier alpha value is -2.83. The molecule has 0 atom stereocenters. The molecule has 2 rings (SSSR count). The van der Waals surface area contributed by atoms with Crippen LogP contribution in [0.4, 0.5) is 0 Å². The van der Waals surface area contributed by atoms with Crippen LogP contribution < -0.4 is 10.1 Å². The van der Waals surface area contributed by atoms with Crippen molar-refractivity contribution >= 4 is 11.9 Å². The van der Waals surface area contributed by atoms with Crippen molar-refractivity contribution in [1.82, 2.24) is 15.1 Å². The predicted molar refractivity (Wildman–Crippen MR) is 78.7 cm³/mol. The summed E-state index contributed by atoms with van der Waals surface area (Å²) in [6.45, 7) is 1.81. The zero-order valence-electron chi connectivity index (χ0n) is 12.4. The van der Waals surface area contributed by atoms with Gasteiger partial charge in [-0.1, -0.05) is 12.1 Å². The van der Waals surface area contributed by atoms with E-state index in [1.807, 2.05) is 6.92 Å². The number of hydrogen-bond acceptors (Lipinski definition) is 4. The van der Waals surface area contributed by atoms with Crippen LogP contribution in [0.15, 0.2) is 30.3 Å². The van der Waals surface area contributed by atoms with Gasteiger partial charge >= 0.3 is 5.97 Å². The van der Waals surface area contributed by atoms with E-state index in [0.717, 1.165) is 11.3 Å². The molecular formula is C15H17N3O4. The maximum absolute atomic E-state index is 12.0. The number of nitrogens with zero attached hydrogens (tertiary/aromatic N) is 2. The van der Waals surface area contributed by atoms with E-state index in [1.54, 1.807) is 37.4 Å². The van der Waals surface area contributed by atoms with E-state index in [0.29, 0.717) is 18.0 Å². The zero-order valence-corrected chi connectivity index (χ0v) is 12.4. The SMILES string of the molecule is Cc1cc(C(=O)NCc2ccc(OCC(=O)O)cc2)n(C)n1. The van der Waals surface area contributed by atoms with Crippen molar-refractivity contribution in [3.8, 4) is 5.75 Å². The summed E-state index contributed by atoms with van der Waals surface area (Å²) in [7, 11) is 1.72. The molecule has 0 bridgehead atoms. The van der Waals surface area contributed by atoms with Crippen LogP contribution >= 0.6 is 0 Å². The van der Waals surface area contributed by atoms with E-state index >= 15 is 0 Å². The Bertz CT molecular complexity index is 677. The molecule has 1 aromatic heterocycles. The first-order chi connectivity index (χ1) is 10.5. The first-order valence-corrected chi connectivity index (χ1v) is 6.68. The summed E-state index contributed by atoms with van der Waals surface area (Å²) in [6.07, 6.45) is 0. The van der Waals surface area contributed by atoms with Gasteiger partial charge in [0.05, 0.1) is 5.69 Å². The number of benzene rings is 1. The molecule has 0 unspecified atom stereocenters. The van der Waals surface area contributed by atoms with Gasteiger partial charge in [-0.15, -0.1) is 0 Å². The van der Waals surface area contributed by atoms with Gasteiger partial charge in [-0.05, 0) is 30.7 Å². The molecule has 0 saturated heterocycles. The maximum atomic E-state index is 12.0. The molecule has 0 spiro atoms. The number of rotatable bonds is 6. The number of aryl methyl sites for hydroxylation is 2. The largest absolute Gasteiger partial charge is 0.482 e. The minimum Gasteiger partial charge on any atom is -0.482 e. The molecule has 2 N–H and O–H groups in total. The third-order valence-electron chi connectivity index (χ3n) is 2.97. The second-order valence-corrected chi connectivity index (χ2v) is 4.80. The number of aliphatic carboxylic acids is 1. The summed E-state index contributed by atoms with van der Waals surface area (Å²) in [5.41, 5.74) is 2.17. The van der Waals surface area contributed by atoms with E-state index in [9.17, 15) is 9.59 Å². The number of carboxylic acid groups (broad SMARTS) is 1. The number of carbonyl (C=O) groups excluding carboxylic acids is 1. The fraction of sp³-hybridized carbons (Fsp3) is 0.267. The van der Waals surface area contributed by atoms with Gasteiger partial charge in [0.15, 0.2) is 6.61 Å². The zero-order chi connectivity index (χ0) is 16.1. The highest BCUT2D eigenvalue weighted by molar-refractivity contribution is 5.92. The Labute approximate surface area is 127 Å². The Kier molecular flexibility index (Phi) is 4.77. The van der Waals surface area contributed by atoms with Gasteiger partial charge < -0.3 is 15.2 Å². The molecule has 1 heterocycles. The first-order valence-electron chi connectivity index (χ1n) is 6.68. The minimum absolute atomic E-state index is 0.200. The molecule has 7 nitrogen and oxygen atoms in total. The molecule has 7 heteroatoms. The molecule has 2 aromatic rings. The van der Waals surface area contributed by atoms with Gasteiger partial charge in [-0.25, -0.2) is 4.79 Å². The number of carbonyl (C=O) groups is 2. The number of hydrogen-bond donors (Lipinski definition) is 2. The van der Waals surface area contributed by atoms with E-state index in [2.05, 4.69) is 10.4 Å². The van der Waals surface area contributed by atoms with Gasteiger partial charge in [0.2, 0.25) is 0 Å². The lowest BCUT2D eigenvalue weighted by Crippen LogP contribution is -2.25. The molecule has 22 heavy (non-hydrogen) atoms. The third kappa shape index (κ3) is 4.08. The molecule has 0 radical (unpaired) electrons. The van der Waals surface area contributed by atoms with E-state index in [4.69, 9.17) is 9.84 Å². The van der Waals surface area contributed by atoms with Crippen LogP contribution in [0.1, 0.15) is 21.7 Å². The molecule has 1 aromatic carbocycles. The van der Waals surface area contributed by atoms with Crippen molar-refractivity contribution in [2.75, 3.05) is 6.61 Å². The quantitative estimate of drug-likeness (QED) is 0.834. The first kappa shape index (κ1) is 15.6. The second kappa shape index (κ2) is 6.75. The van der Waals surface area contributed by atoms with Crippen LogP contribution in [0.2, 0.25) is 0 Å². The van der Waals surface area contributed by atoms with Crippen LogP contribution in [0.3, 0.4) is 0 Å². The van der Waals surface area contributed by atoms with Gasteiger partial charge in [-0.2, -0.15) is 5.10 Å². The summed E-state index contributed by atoms with van der Waals surface area (Å²) in [5, 5.41) is 15.5. The topological polar surface area (TPSA) is 93.5 Å². The van der Waals surface area contributed by atoms with E-state index in [1.165, 1.54) is 4.68 Å². The molecule has 0 fully saturated rings. The van der Waals surface area contributed by atoms with Crippen LogP contribution in [0.5, 0.6) is 5.75 Å². The lowest BCUT2D eigenvalue weighted by molar-refractivity contribution is -0.139. The maximum Gasteiger partial charge on any atom is 0.341 e. The summed E-state index contributed by atoms with van der Waals surface area (Å²) in [5.74, 6) is -0.753. The van der Waals surface area contributed by atoms with Crippen molar-refractivity contribution in [3.63, 3.8) is 0 Å². The highest BCUT2D eigenvalue weighted by Gasteiger charge is 2.11. The molecule has 0 aliphatic rings. The van der Waals surface area contributed by atoms with E-state index in [-0.39, 0.29) is 12.5 Å². The summed E-state index contributed by atoms with van der Waals surface area (Å²) < 4.78 is 6.57. The van der Waals surface area contributed by atoms with Crippen molar-refractivity contribution in [3.05, 3.63) is 47.3 Å². The Morgan fingerprint density at radius 3 is 2.55 bits per heavy atom. The normalized spacial score (nSPS) is 10.3. The smallest absolute Gasteiger partial charge is 0.341 e. The van der Waals surface area contributed by atoms with Crippen molar-refractivity contribution in [2.45, 2.75) is 13.5 Å². The summed E-state index contributed by atoms with van der Waals surface area (Å²) in [4.78, 5) is 22.4. The molecule has 1 amide bonds. The lowest BCUT2D eigenvalue weighted by atomic mass is 10.2. The Balaban J connectivity index is 1.90. The summed E-state index contributed by atoms with van der Waals surface area (Å²) >= 11 is 0. The highest BCUT2D eigenvalue weighted by atomic mass is 16.5. The molecule has 0 aliphatic carbocycles. The van der Waals surface area contributed by atoms with Crippen molar-refractivity contribution in [1.29, 1.82) is 0 Å². The molecule has 0 aliphatic heterocycles. The number of amides is 1. The van der Waals surface area contributed by atoms with Gasteiger partial charge in [0.1, 0.15) is 11.4 Å². The van der Waals surface area contributed by atoms with Crippen LogP contribution in [-0.4, -0.2) is 33.4 Å². The van der Waals surface area contributed by atoms with Crippen LogP contribution in [-0.2, 0) is 18.4 Å². The minimum atomic E-state index is -1.03. The van der Waals surface area contributed by atoms with Crippen LogP contribution in [0.25, 0.3) is 0 Å². The van der Waals surface area contributed by atoms with Crippen LogP contribution in [0, 0.1) is 6.92 Å².